The number of non-ortho nitro benzene ring substituents is 1. The van der Waals surface area contributed by atoms with E-state index >= 15 is 0 Å². The van der Waals surface area contributed by atoms with Gasteiger partial charge in [-0.1, -0.05) is 15.9 Å². The van der Waals surface area contributed by atoms with E-state index in [1.807, 2.05) is 0 Å². The van der Waals surface area contributed by atoms with Crippen molar-refractivity contribution in [2.75, 3.05) is 5.32 Å². The molecule has 0 aliphatic carbocycles. The molecule has 2 aromatic carbocycles. The molecule has 0 aliphatic heterocycles. The quantitative estimate of drug-likeness (QED) is 0.469. The summed E-state index contributed by atoms with van der Waals surface area (Å²) >= 11 is 8.07. The smallest absolute Gasteiger partial charge is 0.269 e. The molecule has 23 heavy (non-hydrogen) atoms. The molecule has 6 nitrogen and oxygen atoms in total. The summed E-state index contributed by atoms with van der Waals surface area (Å²) in [4.78, 5) is 21.9. The highest BCUT2D eigenvalue weighted by atomic mass is 79.9. The van der Waals surface area contributed by atoms with Crippen LogP contribution in [0, 0.1) is 15.9 Å². The number of carbonyl (C=O) groups is 1. The van der Waals surface area contributed by atoms with Crippen LogP contribution in [0.3, 0.4) is 0 Å². The molecule has 0 heterocycles. The van der Waals surface area contributed by atoms with Gasteiger partial charge in [0.25, 0.3) is 11.6 Å². The maximum atomic E-state index is 13.7. The molecule has 2 rings (SSSR count). The minimum Gasteiger partial charge on any atom is -0.330 e. The van der Waals surface area contributed by atoms with Crippen molar-refractivity contribution >= 4 is 50.5 Å². The van der Waals surface area contributed by atoms with Gasteiger partial charge in [0.1, 0.15) is 5.82 Å². The van der Waals surface area contributed by atoms with Gasteiger partial charge in [0.05, 0.1) is 10.6 Å². The van der Waals surface area contributed by atoms with E-state index in [4.69, 9.17) is 12.2 Å². The van der Waals surface area contributed by atoms with Gasteiger partial charge < -0.3 is 5.32 Å². The van der Waals surface area contributed by atoms with Crippen molar-refractivity contribution in [1.82, 2.24) is 5.32 Å². The van der Waals surface area contributed by atoms with E-state index in [9.17, 15) is 19.3 Å². The van der Waals surface area contributed by atoms with Crippen LogP contribution in [0.5, 0.6) is 0 Å². The van der Waals surface area contributed by atoms with Gasteiger partial charge in [-0.15, -0.1) is 0 Å². The monoisotopic (exact) mass is 397 g/mol. The Morgan fingerprint density at radius 3 is 2.43 bits per heavy atom. The van der Waals surface area contributed by atoms with Crippen molar-refractivity contribution in [3.63, 3.8) is 0 Å². The van der Waals surface area contributed by atoms with Gasteiger partial charge in [0.2, 0.25) is 0 Å². The molecule has 0 spiro atoms. The zero-order chi connectivity index (χ0) is 17.0. The first-order valence-electron chi connectivity index (χ1n) is 6.18. The Morgan fingerprint density at radius 2 is 1.87 bits per heavy atom. The molecule has 2 N–H and O–H groups in total. The Bertz CT molecular complexity index is 783. The summed E-state index contributed by atoms with van der Waals surface area (Å²) in [5.74, 6) is -1.10. The van der Waals surface area contributed by atoms with Crippen LogP contribution in [0.1, 0.15) is 10.4 Å². The third-order valence-corrected chi connectivity index (χ3v) is 3.44. The average Bonchev–Trinajstić information content (AvgIpc) is 2.50. The molecule has 0 saturated heterocycles. The van der Waals surface area contributed by atoms with Gasteiger partial charge in [-0.2, -0.15) is 0 Å². The van der Waals surface area contributed by atoms with E-state index in [0.717, 1.165) is 0 Å². The second-order valence-electron chi connectivity index (χ2n) is 4.34. The molecule has 0 fully saturated rings. The zero-order valence-electron chi connectivity index (χ0n) is 11.4. The van der Waals surface area contributed by atoms with Crippen LogP contribution >= 0.6 is 28.1 Å². The molecule has 0 aromatic heterocycles. The fourth-order valence-electron chi connectivity index (χ4n) is 1.65. The normalized spacial score (nSPS) is 10.0. The van der Waals surface area contributed by atoms with Gasteiger partial charge in [0.15, 0.2) is 5.11 Å². The molecule has 118 valence electrons. The van der Waals surface area contributed by atoms with Crippen LogP contribution in [0.2, 0.25) is 0 Å². The van der Waals surface area contributed by atoms with Crippen LogP contribution in [0.4, 0.5) is 15.8 Å². The van der Waals surface area contributed by atoms with Crippen molar-refractivity contribution in [2.45, 2.75) is 0 Å². The lowest BCUT2D eigenvalue weighted by atomic mass is 10.2. The lowest BCUT2D eigenvalue weighted by molar-refractivity contribution is -0.384. The highest BCUT2D eigenvalue weighted by molar-refractivity contribution is 9.10. The molecule has 0 saturated carbocycles. The number of nitro groups is 1. The summed E-state index contributed by atoms with van der Waals surface area (Å²) in [5, 5.41) is 15.4. The number of benzene rings is 2. The maximum absolute atomic E-state index is 13.7. The summed E-state index contributed by atoms with van der Waals surface area (Å²) in [6.45, 7) is 0. The standard InChI is InChI=1S/C14H9BrFN3O3S/c15-9-3-6-12(11(16)7-9)17-14(23)18-13(20)8-1-4-10(5-2-8)19(21)22/h1-7H,(H2,17,18,20,23). The zero-order valence-corrected chi connectivity index (χ0v) is 13.8. The number of carbonyl (C=O) groups excluding carboxylic acids is 1. The van der Waals surface area contributed by atoms with E-state index in [1.54, 1.807) is 6.07 Å². The van der Waals surface area contributed by atoms with Crippen LogP contribution in [0.25, 0.3) is 0 Å². The summed E-state index contributed by atoms with van der Waals surface area (Å²) in [5.41, 5.74) is 0.178. The number of nitrogens with one attached hydrogen (secondary N) is 2. The molecule has 1 amide bonds. The first-order valence-corrected chi connectivity index (χ1v) is 7.39. The van der Waals surface area contributed by atoms with Gasteiger partial charge in [0, 0.05) is 22.2 Å². The Kier molecular flexibility index (Phi) is 5.35. The average molecular weight is 398 g/mol. The minimum absolute atomic E-state index is 0.0884. The first kappa shape index (κ1) is 17.0. The number of hydrogen-bond acceptors (Lipinski definition) is 4. The van der Waals surface area contributed by atoms with Gasteiger partial charge in [-0.3, -0.25) is 20.2 Å². The van der Waals surface area contributed by atoms with Crippen LogP contribution in [-0.4, -0.2) is 15.9 Å². The van der Waals surface area contributed by atoms with Crippen molar-refractivity contribution < 1.29 is 14.1 Å². The highest BCUT2D eigenvalue weighted by Crippen LogP contribution is 2.19. The van der Waals surface area contributed by atoms with Crippen molar-refractivity contribution in [3.8, 4) is 0 Å². The van der Waals surface area contributed by atoms with E-state index in [2.05, 4.69) is 26.6 Å². The molecular formula is C14H9BrFN3O3S. The van der Waals surface area contributed by atoms with Crippen LogP contribution in [-0.2, 0) is 0 Å². The van der Waals surface area contributed by atoms with Gasteiger partial charge in [-0.25, -0.2) is 4.39 Å². The van der Waals surface area contributed by atoms with E-state index in [-0.39, 0.29) is 22.1 Å². The summed E-state index contributed by atoms with van der Waals surface area (Å²) in [6.07, 6.45) is 0. The second-order valence-corrected chi connectivity index (χ2v) is 5.66. The van der Waals surface area contributed by atoms with Gasteiger partial charge in [-0.05, 0) is 42.5 Å². The summed E-state index contributed by atoms with van der Waals surface area (Å²) in [6, 6.07) is 9.35. The third kappa shape index (κ3) is 4.54. The highest BCUT2D eigenvalue weighted by Gasteiger charge is 2.12. The second kappa shape index (κ2) is 7.25. The summed E-state index contributed by atoms with van der Waals surface area (Å²) in [7, 11) is 0. The van der Waals surface area contributed by atoms with Crippen LogP contribution in [0.15, 0.2) is 46.9 Å². The molecule has 0 unspecified atom stereocenters. The number of nitrogens with zero attached hydrogens (tertiary/aromatic N) is 1. The fourth-order valence-corrected chi connectivity index (χ4v) is 2.19. The predicted molar refractivity (Wildman–Crippen MR) is 90.9 cm³/mol. The number of nitro benzene ring substituents is 1. The van der Waals surface area contributed by atoms with E-state index in [0.29, 0.717) is 4.47 Å². The SMILES string of the molecule is O=C(NC(=S)Nc1ccc(Br)cc1F)c1ccc([N+](=O)[O-])cc1. The number of amides is 1. The number of halogens is 2. The maximum Gasteiger partial charge on any atom is 0.269 e. The van der Waals surface area contributed by atoms with Crippen molar-refractivity contribution in [3.05, 3.63) is 68.4 Å². The molecule has 0 aliphatic rings. The number of anilines is 1. The molecule has 0 bridgehead atoms. The number of rotatable bonds is 3. The molecule has 9 heteroatoms. The molecule has 0 atom stereocenters. The number of hydrogen-bond donors (Lipinski definition) is 2. The van der Waals surface area contributed by atoms with Gasteiger partial charge >= 0.3 is 0 Å². The predicted octanol–water partition coefficient (Wildman–Crippen LogP) is 3.62. The molecule has 0 radical (unpaired) electrons. The molecule has 2 aromatic rings. The largest absolute Gasteiger partial charge is 0.330 e. The lowest BCUT2D eigenvalue weighted by Gasteiger charge is -2.10. The van der Waals surface area contributed by atoms with E-state index < -0.39 is 16.6 Å². The number of thiocarbonyl (C=S) groups is 1. The Morgan fingerprint density at radius 1 is 1.22 bits per heavy atom. The topological polar surface area (TPSA) is 84.3 Å². The van der Waals surface area contributed by atoms with Crippen LogP contribution < -0.4 is 10.6 Å². The first-order chi connectivity index (χ1) is 10.9. The summed E-state index contributed by atoms with van der Waals surface area (Å²) < 4.78 is 14.2. The Balaban J connectivity index is 2.01. The Labute approximate surface area is 144 Å². The minimum atomic E-state index is -0.565. The lowest BCUT2D eigenvalue weighted by Crippen LogP contribution is -2.34. The third-order valence-electron chi connectivity index (χ3n) is 2.75. The Hall–Kier alpha value is -2.39. The van der Waals surface area contributed by atoms with Crippen molar-refractivity contribution in [1.29, 1.82) is 0 Å². The fraction of sp³-hybridized carbons (Fsp3) is 0. The molecular weight excluding hydrogens is 389 g/mol. The van der Waals surface area contributed by atoms with Crippen molar-refractivity contribution in [2.24, 2.45) is 0 Å². The van der Waals surface area contributed by atoms with E-state index in [1.165, 1.54) is 36.4 Å².